The largest absolute Gasteiger partial charge is 0.306 e. The molecule has 3 rings (SSSR count). The fourth-order valence-corrected chi connectivity index (χ4v) is 3.38. The van der Waals surface area contributed by atoms with Gasteiger partial charge in [-0.3, -0.25) is 0 Å². The Hall–Kier alpha value is -1.60. The SMILES string of the molecule is Cc1cc(C)cc(CNC2CCCc3ccccc32)c1. The van der Waals surface area contributed by atoms with Gasteiger partial charge in [-0.25, -0.2) is 0 Å². The quantitative estimate of drug-likeness (QED) is 0.863. The van der Waals surface area contributed by atoms with Crippen LogP contribution in [0.25, 0.3) is 0 Å². The molecule has 0 aromatic heterocycles. The van der Waals surface area contributed by atoms with Gasteiger partial charge in [-0.1, -0.05) is 53.6 Å². The summed E-state index contributed by atoms with van der Waals surface area (Å²) in [5.74, 6) is 0. The molecule has 0 heterocycles. The van der Waals surface area contributed by atoms with Crippen LogP contribution in [0.5, 0.6) is 0 Å². The van der Waals surface area contributed by atoms with E-state index >= 15 is 0 Å². The van der Waals surface area contributed by atoms with Crippen LogP contribution in [-0.4, -0.2) is 0 Å². The number of aryl methyl sites for hydroxylation is 3. The molecule has 0 amide bonds. The average Bonchev–Trinajstić information content (AvgIpc) is 2.44. The van der Waals surface area contributed by atoms with Crippen molar-refractivity contribution in [2.45, 2.75) is 45.7 Å². The van der Waals surface area contributed by atoms with Gasteiger partial charge in [0.05, 0.1) is 0 Å². The highest BCUT2D eigenvalue weighted by Crippen LogP contribution is 2.29. The molecule has 1 heteroatoms. The number of rotatable bonds is 3. The average molecular weight is 265 g/mol. The van der Waals surface area contributed by atoms with Crippen LogP contribution in [0.3, 0.4) is 0 Å². The second-order valence-electron chi connectivity index (χ2n) is 6.02. The van der Waals surface area contributed by atoms with E-state index in [2.05, 4.69) is 61.6 Å². The first-order valence-electron chi connectivity index (χ1n) is 7.61. The summed E-state index contributed by atoms with van der Waals surface area (Å²) in [5.41, 5.74) is 7.13. The predicted octanol–water partition coefficient (Wildman–Crippen LogP) is 4.47. The zero-order valence-electron chi connectivity index (χ0n) is 12.4. The van der Waals surface area contributed by atoms with Gasteiger partial charge in [0.15, 0.2) is 0 Å². The van der Waals surface area contributed by atoms with E-state index in [1.54, 1.807) is 0 Å². The first-order valence-corrected chi connectivity index (χ1v) is 7.61. The third-order valence-corrected chi connectivity index (χ3v) is 4.20. The third-order valence-electron chi connectivity index (χ3n) is 4.20. The predicted molar refractivity (Wildman–Crippen MR) is 84.9 cm³/mol. The molecule has 1 aliphatic carbocycles. The van der Waals surface area contributed by atoms with Gasteiger partial charge in [0.1, 0.15) is 0 Å². The minimum absolute atomic E-state index is 0.515. The molecule has 1 atom stereocenters. The van der Waals surface area contributed by atoms with Gasteiger partial charge < -0.3 is 5.32 Å². The number of fused-ring (bicyclic) bond motifs is 1. The van der Waals surface area contributed by atoms with Crippen molar-refractivity contribution in [3.8, 4) is 0 Å². The minimum Gasteiger partial charge on any atom is -0.306 e. The molecule has 20 heavy (non-hydrogen) atoms. The maximum Gasteiger partial charge on any atom is 0.0326 e. The van der Waals surface area contributed by atoms with Crippen molar-refractivity contribution in [3.05, 3.63) is 70.3 Å². The first kappa shape index (κ1) is 13.4. The van der Waals surface area contributed by atoms with Crippen LogP contribution in [0.15, 0.2) is 42.5 Å². The smallest absolute Gasteiger partial charge is 0.0326 e. The van der Waals surface area contributed by atoms with E-state index in [1.165, 1.54) is 47.1 Å². The van der Waals surface area contributed by atoms with Crippen LogP contribution in [0, 0.1) is 13.8 Å². The minimum atomic E-state index is 0.515. The Bertz CT molecular complexity index is 580. The fourth-order valence-electron chi connectivity index (χ4n) is 3.38. The second kappa shape index (κ2) is 5.80. The number of nitrogens with one attached hydrogen (secondary N) is 1. The summed E-state index contributed by atoms with van der Waals surface area (Å²) >= 11 is 0. The highest BCUT2D eigenvalue weighted by Gasteiger charge is 2.18. The molecule has 0 spiro atoms. The van der Waals surface area contributed by atoms with Gasteiger partial charge in [-0.2, -0.15) is 0 Å². The van der Waals surface area contributed by atoms with Gasteiger partial charge in [-0.15, -0.1) is 0 Å². The van der Waals surface area contributed by atoms with E-state index in [9.17, 15) is 0 Å². The Morgan fingerprint density at radius 3 is 2.60 bits per heavy atom. The molecule has 1 nitrogen and oxygen atoms in total. The third kappa shape index (κ3) is 2.94. The van der Waals surface area contributed by atoms with Crippen molar-refractivity contribution in [1.82, 2.24) is 5.32 Å². The van der Waals surface area contributed by atoms with Crippen LogP contribution in [0.4, 0.5) is 0 Å². The van der Waals surface area contributed by atoms with Crippen molar-refractivity contribution < 1.29 is 0 Å². The second-order valence-corrected chi connectivity index (χ2v) is 6.02. The molecule has 1 aliphatic rings. The monoisotopic (exact) mass is 265 g/mol. The number of benzene rings is 2. The van der Waals surface area contributed by atoms with Gasteiger partial charge >= 0.3 is 0 Å². The Morgan fingerprint density at radius 2 is 1.80 bits per heavy atom. The van der Waals surface area contributed by atoms with Crippen molar-refractivity contribution in [1.29, 1.82) is 0 Å². The maximum absolute atomic E-state index is 3.75. The normalized spacial score (nSPS) is 17.8. The van der Waals surface area contributed by atoms with E-state index < -0.39 is 0 Å². The number of hydrogen-bond donors (Lipinski definition) is 1. The Labute approximate surface area is 122 Å². The van der Waals surface area contributed by atoms with E-state index in [0.29, 0.717) is 6.04 Å². The summed E-state index contributed by atoms with van der Waals surface area (Å²) < 4.78 is 0. The Kier molecular flexibility index (Phi) is 3.88. The Balaban J connectivity index is 1.73. The topological polar surface area (TPSA) is 12.0 Å². The molecule has 0 aliphatic heterocycles. The lowest BCUT2D eigenvalue weighted by Gasteiger charge is -2.26. The fraction of sp³-hybridized carbons (Fsp3) is 0.368. The molecule has 1 N–H and O–H groups in total. The first-order chi connectivity index (χ1) is 9.72. The van der Waals surface area contributed by atoms with Crippen LogP contribution in [0.1, 0.15) is 46.7 Å². The molecule has 0 fully saturated rings. The zero-order valence-corrected chi connectivity index (χ0v) is 12.4. The van der Waals surface area contributed by atoms with Gasteiger partial charge in [0, 0.05) is 12.6 Å². The molecule has 1 unspecified atom stereocenters. The lowest BCUT2D eigenvalue weighted by molar-refractivity contribution is 0.459. The standard InChI is InChI=1S/C19H23N/c1-14-10-15(2)12-16(11-14)13-20-19-9-5-7-17-6-3-4-8-18(17)19/h3-4,6,8,10-12,19-20H,5,7,9,13H2,1-2H3. The maximum atomic E-state index is 3.75. The van der Waals surface area contributed by atoms with Crippen LogP contribution < -0.4 is 5.32 Å². The summed E-state index contributed by atoms with van der Waals surface area (Å²) in [7, 11) is 0. The lowest BCUT2D eigenvalue weighted by Crippen LogP contribution is -2.24. The van der Waals surface area contributed by atoms with E-state index in [4.69, 9.17) is 0 Å². The summed E-state index contributed by atoms with van der Waals surface area (Å²) in [6.07, 6.45) is 3.78. The summed E-state index contributed by atoms with van der Waals surface area (Å²) in [4.78, 5) is 0. The van der Waals surface area contributed by atoms with Crippen molar-refractivity contribution in [3.63, 3.8) is 0 Å². The highest BCUT2D eigenvalue weighted by molar-refractivity contribution is 5.33. The van der Waals surface area contributed by atoms with Crippen LogP contribution >= 0.6 is 0 Å². The molecule has 0 radical (unpaired) electrons. The highest BCUT2D eigenvalue weighted by atomic mass is 14.9. The number of hydrogen-bond acceptors (Lipinski definition) is 1. The molecule has 0 saturated heterocycles. The van der Waals surface area contributed by atoms with E-state index in [0.717, 1.165) is 6.54 Å². The van der Waals surface area contributed by atoms with Gasteiger partial charge in [-0.05, 0) is 49.8 Å². The van der Waals surface area contributed by atoms with Gasteiger partial charge in [0.2, 0.25) is 0 Å². The van der Waals surface area contributed by atoms with Gasteiger partial charge in [0.25, 0.3) is 0 Å². The zero-order chi connectivity index (χ0) is 13.9. The molecular weight excluding hydrogens is 242 g/mol. The van der Waals surface area contributed by atoms with Crippen LogP contribution in [-0.2, 0) is 13.0 Å². The van der Waals surface area contributed by atoms with Crippen molar-refractivity contribution in [2.24, 2.45) is 0 Å². The summed E-state index contributed by atoms with van der Waals surface area (Å²) in [5, 5.41) is 3.75. The molecule has 104 valence electrons. The lowest BCUT2D eigenvalue weighted by atomic mass is 9.87. The van der Waals surface area contributed by atoms with Crippen molar-refractivity contribution in [2.75, 3.05) is 0 Å². The molecule has 0 bridgehead atoms. The molecule has 0 saturated carbocycles. The van der Waals surface area contributed by atoms with E-state index in [1.807, 2.05) is 0 Å². The van der Waals surface area contributed by atoms with Crippen molar-refractivity contribution >= 4 is 0 Å². The van der Waals surface area contributed by atoms with E-state index in [-0.39, 0.29) is 0 Å². The Morgan fingerprint density at radius 1 is 1.05 bits per heavy atom. The summed E-state index contributed by atoms with van der Waals surface area (Å²) in [6.45, 7) is 5.31. The molecular formula is C19H23N. The van der Waals surface area contributed by atoms with Crippen LogP contribution in [0.2, 0.25) is 0 Å². The summed E-state index contributed by atoms with van der Waals surface area (Å²) in [6, 6.07) is 16.2. The molecule has 2 aromatic rings. The molecule has 2 aromatic carbocycles.